The molecule has 98 valence electrons. The van der Waals surface area contributed by atoms with E-state index in [1.165, 1.54) is 27.8 Å². The lowest BCUT2D eigenvalue weighted by molar-refractivity contribution is 0.594. The SMILES string of the molecule is CCCNCCCNCc1cc2ccccc2s1. The summed E-state index contributed by atoms with van der Waals surface area (Å²) in [5.74, 6) is 0. The van der Waals surface area contributed by atoms with E-state index in [2.05, 4.69) is 47.9 Å². The van der Waals surface area contributed by atoms with Gasteiger partial charge in [0.15, 0.2) is 0 Å². The number of benzene rings is 1. The predicted molar refractivity (Wildman–Crippen MR) is 81.3 cm³/mol. The third kappa shape index (κ3) is 4.09. The Morgan fingerprint density at radius 1 is 1.06 bits per heavy atom. The number of hydrogen-bond donors (Lipinski definition) is 2. The normalized spacial score (nSPS) is 11.2. The molecular formula is C15H22N2S. The molecule has 1 heterocycles. The molecule has 0 bridgehead atoms. The number of thiophene rings is 1. The Balaban J connectivity index is 1.67. The van der Waals surface area contributed by atoms with Crippen LogP contribution >= 0.6 is 11.3 Å². The molecule has 2 N–H and O–H groups in total. The molecule has 2 aromatic rings. The maximum absolute atomic E-state index is 3.51. The third-order valence-corrected chi connectivity index (χ3v) is 4.03. The lowest BCUT2D eigenvalue weighted by Crippen LogP contribution is -2.21. The lowest BCUT2D eigenvalue weighted by atomic mass is 10.2. The first-order valence-corrected chi connectivity index (χ1v) is 7.60. The van der Waals surface area contributed by atoms with Gasteiger partial charge in [-0.2, -0.15) is 0 Å². The summed E-state index contributed by atoms with van der Waals surface area (Å²) in [6.07, 6.45) is 2.42. The van der Waals surface area contributed by atoms with E-state index in [0.29, 0.717) is 0 Å². The number of rotatable bonds is 8. The lowest BCUT2D eigenvalue weighted by Gasteiger charge is -2.04. The Bertz CT molecular complexity index is 431. The van der Waals surface area contributed by atoms with E-state index in [9.17, 15) is 0 Å². The van der Waals surface area contributed by atoms with Crippen molar-refractivity contribution in [3.63, 3.8) is 0 Å². The minimum atomic E-state index is 0.993. The third-order valence-electron chi connectivity index (χ3n) is 2.91. The van der Waals surface area contributed by atoms with Crippen molar-refractivity contribution in [2.75, 3.05) is 19.6 Å². The monoisotopic (exact) mass is 262 g/mol. The fourth-order valence-electron chi connectivity index (χ4n) is 1.98. The molecule has 0 unspecified atom stereocenters. The van der Waals surface area contributed by atoms with Crippen LogP contribution in [0, 0.1) is 0 Å². The molecule has 0 atom stereocenters. The summed E-state index contributed by atoms with van der Waals surface area (Å²) in [4.78, 5) is 1.43. The first kappa shape index (κ1) is 13.5. The van der Waals surface area contributed by atoms with Gasteiger partial charge in [0, 0.05) is 16.1 Å². The van der Waals surface area contributed by atoms with Crippen LogP contribution < -0.4 is 10.6 Å². The highest BCUT2D eigenvalue weighted by molar-refractivity contribution is 7.19. The zero-order valence-corrected chi connectivity index (χ0v) is 11.9. The van der Waals surface area contributed by atoms with Crippen LogP contribution in [0.3, 0.4) is 0 Å². The highest BCUT2D eigenvalue weighted by Crippen LogP contribution is 2.24. The fraction of sp³-hybridized carbons (Fsp3) is 0.467. The van der Waals surface area contributed by atoms with Crippen molar-refractivity contribution in [2.24, 2.45) is 0 Å². The van der Waals surface area contributed by atoms with Gasteiger partial charge >= 0.3 is 0 Å². The summed E-state index contributed by atoms with van der Waals surface area (Å²) >= 11 is 1.89. The van der Waals surface area contributed by atoms with Crippen LogP contribution in [0.2, 0.25) is 0 Å². The predicted octanol–water partition coefficient (Wildman–Crippen LogP) is 3.38. The van der Waals surface area contributed by atoms with Gasteiger partial charge in [-0.25, -0.2) is 0 Å². The molecule has 0 saturated heterocycles. The standard InChI is InChI=1S/C15H22N2S/c1-2-8-16-9-5-10-17-12-14-11-13-6-3-4-7-15(13)18-14/h3-4,6-7,11,16-17H,2,5,8-10,12H2,1H3. The van der Waals surface area contributed by atoms with Crippen molar-refractivity contribution < 1.29 is 0 Å². The van der Waals surface area contributed by atoms with Gasteiger partial charge in [0.2, 0.25) is 0 Å². The van der Waals surface area contributed by atoms with Crippen molar-refractivity contribution in [3.8, 4) is 0 Å². The molecule has 0 amide bonds. The van der Waals surface area contributed by atoms with E-state index in [1.54, 1.807) is 0 Å². The largest absolute Gasteiger partial charge is 0.317 e. The topological polar surface area (TPSA) is 24.1 Å². The second-order valence-electron chi connectivity index (χ2n) is 4.53. The minimum Gasteiger partial charge on any atom is -0.317 e. The molecule has 18 heavy (non-hydrogen) atoms. The fourth-order valence-corrected chi connectivity index (χ4v) is 3.01. The van der Waals surface area contributed by atoms with Crippen molar-refractivity contribution in [3.05, 3.63) is 35.2 Å². The van der Waals surface area contributed by atoms with Gasteiger partial charge in [0.25, 0.3) is 0 Å². The summed E-state index contributed by atoms with van der Waals surface area (Å²) in [5.41, 5.74) is 0. The van der Waals surface area contributed by atoms with Gasteiger partial charge in [-0.3, -0.25) is 0 Å². The van der Waals surface area contributed by atoms with Gasteiger partial charge in [-0.15, -0.1) is 11.3 Å². The highest BCUT2D eigenvalue weighted by Gasteiger charge is 2.00. The van der Waals surface area contributed by atoms with Gasteiger partial charge in [-0.1, -0.05) is 25.1 Å². The zero-order valence-electron chi connectivity index (χ0n) is 11.0. The van der Waals surface area contributed by atoms with Crippen LogP contribution in [-0.4, -0.2) is 19.6 Å². The van der Waals surface area contributed by atoms with E-state index >= 15 is 0 Å². The Hall–Kier alpha value is -0.900. The Morgan fingerprint density at radius 3 is 2.72 bits per heavy atom. The van der Waals surface area contributed by atoms with Crippen LogP contribution in [0.25, 0.3) is 10.1 Å². The molecule has 0 aliphatic rings. The molecule has 0 fully saturated rings. The van der Waals surface area contributed by atoms with E-state index in [1.807, 2.05) is 11.3 Å². The molecule has 0 aliphatic heterocycles. The molecule has 0 radical (unpaired) electrons. The molecule has 1 aromatic heterocycles. The molecule has 2 nitrogen and oxygen atoms in total. The molecular weight excluding hydrogens is 240 g/mol. The van der Waals surface area contributed by atoms with E-state index in [0.717, 1.165) is 26.2 Å². The van der Waals surface area contributed by atoms with Crippen molar-refractivity contribution in [1.29, 1.82) is 0 Å². The first-order chi connectivity index (χ1) is 8.90. The van der Waals surface area contributed by atoms with Gasteiger partial charge in [-0.05, 0) is 50.0 Å². The average Bonchev–Trinajstić information content (AvgIpc) is 2.80. The van der Waals surface area contributed by atoms with Crippen molar-refractivity contribution >= 4 is 21.4 Å². The van der Waals surface area contributed by atoms with Crippen LogP contribution in [0.15, 0.2) is 30.3 Å². The minimum absolute atomic E-state index is 0.993. The summed E-state index contributed by atoms with van der Waals surface area (Å²) in [7, 11) is 0. The average molecular weight is 262 g/mol. The smallest absolute Gasteiger partial charge is 0.0346 e. The molecule has 0 saturated carbocycles. The number of hydrogen-bond acceptors (Lipinski definition) is 3. The first-order valence-electron chi connectivity index (χ1n) is 6.79. The van der Waals surface area contributed by atoms with Crippen LogP contribution in [0.1, 0.15) is 24.6 Å². The zero-order chi connectivity index (χ0) is 12.6. The maximum Gasteiger partial charge on any atom is 0.0346 e. The van der Waals surface area contributed by atoms with Crippen molar-refractivity contribution in [2.45, 2.75) is 26.3 Å². The second-order valence-corrected chi connectivity index (χ2v) is 5.70. The quantitative estimate of drug-likeness (QED) is 0.713. The molecule has 3 heteroatoms. The van der Waals surface area contributed by atoms with Gasteiger partial charge < -0.3 is 10.6 Å². The van der Waals surface area contributed by atoms with Gasteiger partial charge in [0.05, 0.1) is 0 Å². The summed E-state index contributed by atoms with van der Waals surface area (Å²) in [6.45, 7) is 6.54. The van der Waals surface area contributed by atoms with Crippen LogP contribution in [0.4, 0.5) is 0 Å². The summed E-state index contributed by atoms with van der Waals surface area (Å²) < 4.78 is 1.39. The Labute approximate surface area is 113 Å². The van der Waals surface area contributed by atoms with Crippen molar-refractivity contribution in [1.82, 2.24) is 10.6 Å². The highest BCUT2D eigenvalue weighted by atomic mass is 32.1. The molecule has 0 spiro atoms. The van der Waals surface area contributed by atoms with E-state index in [-0.39, 0.29) is 0 Å². The molecule has 0 aliphatic carbocycles. The summed E-state index contributed by atoms with van der Waals surface area (Å²) in [5, 5.41) is 8.29. The molecule has 1 aromatic carbocycles. The van der Waals surface area contributed by atoms with E-state index in [4.69, 9.17) is 0 Å². The second kappa shape index (κ2) is 7.52. The van der Waals surface area contributed by atoms with Gasteiger partial charge in [0.1, 0.15) is 0 Å². The molecule has 2 rings (SSSR count). The Kier molecular flexibility index (Phi) is 5.65. The number of fused-ring (bicyclic) bond motifs is 1. The summed E-state index contributed by atoms with van der Waals surface area (Å²) in [6, 6.07) is 10.9. The number of nitrogens with one attached hydrogen (secondary N) is 2. The van der Waals surface area contributed by atoms with E-state index < -0.39 is 0 Å². The van der Waals surface area contributed by atoms with Crippen LogP contribution in [0.5, 0.6) is 0 Å². The maximum atomic E-state index is 3.51. The van der Waals surface area contributed by atoms with Crippen LogP contribution in [-0.2, 0) is 6.54 Å². The Morgan fingerprint density at radius 2 is 1.89 bits per heavy atom.